The molecule has 3 N–H and O–H groups in total. The lowest BCUT2D eigenvalue weighted by Crippen LogP contribution is -2.48. The summed E-state index contributed by atoms with van der Waals surface area (Å²) < 4.78 is 5.51. The topological polar surface area (TPSA) is 74.8 Å². The molecule has 0 saturated heterocycles. The number of carbonyl (C=O) groups excluding carboxylic acids is 1. The quantitative estimate of drug-likeness (QED) is 0.307. The maximum absolute atomic E-state index is 11.9. The van der Waals surface area contributed by atoms with Crippen LogP contribution in [0.4, 0.5) is 0 Å². The molecule has 0 spiro atoms. The van der Waals surface area contributed by atoms with E-state index in [0.717, 1.165) is 39.0 Å². The summed E-state index contributed by atoms with van der Waals surface area (Å²) in [5, 5.41) is 9.28. The molecule has 0 heterocycles. The van der Waals surface area contributed by atoms with Crippen molar-refractivity contribution >= 4 is 11.9 Å². The van der Waals surface area contributed by atoms with E-state index in [-0.39, 0.29) is 5.91 Å². The highest BCUT2D eigenvalue weighted by molar-refractivity contribution is 5.84. The zero-order valence-electron chi connectivity index (χ0n) is 14.9. The molecular formula is C16H34N4O2. The molecule has 0 aromatic rings. The van der Waals surface area contributed by atoms with Crippen LogP contribution in [0, 0.1) is 5.41 Å². The van der Waals surface area contributed by atoms with Gasteiger partial charge < -0.3 is 20.7 Å². The van der Waals surface area contributed by atoms with E-state index in [2.05, 4.69) is 27.9 Å². The number of guanidine groups is 1. The van der Waals surface area contributed by atoms with Crippen molar-refractivity contribution in [3.05, 3.63) is 0 Å². The first-order valence-corrected chi connectivity index (χ1v) is 8.28. The molecule has 0 aliphatic carbocycles. The fourth-order valence-electron chi connectivity index (χ4n) is 1.73. The van der Waals surface area contributed by atoms with E-state index in [1.165, 1.54) is 0 Å². The van der Waals surface area contributed by atoms with Crippen LogP contribution in [0.2, 0.25) is 0 Å². The molecule has 22 heavy (non-hydrogen) atoms. The van der Waals surface area contributed by atoms with Gasteiger partial charge in [-0.2, -0.15) is 0 Å². The molecule has 0 fully saturated rings. The number of carbonyl (C=O) groups is 1. The van der Waals surface area contributed by atoms with Gasteiger partial charge in [0.2, 0.25) is 5.91 Å². The molecule has 1 amide bonds. The van der Waals surface area contributed by atoms with Crippen molar-refractivity contribution in [2.75, 3.05) is 39.9 Å². The van der Waals surface area contributed by atoms with Crippen LogP contribution in [0.3, 0.4) is 0 Å². The van der Waals surface area contributed by atoms with Crippen LogP contribution < -0.4 is 16.0 Å². The molecule has 0 rings (SSSR count). The highest BCUT2D eigenvalue weighted by Gasteiger charge is 2.27. The molecule has 0 aromatic carbocycles. The van der Waals surface area contributed by atoms with Crippen molar-refractivity contribution in [2.45, 2.75) is 47.0 Å². The Morgan fingerprint density at radius 2 is 1.77 bits per heavy atom. The predicted octanol–water partition coefficient (Wildman–Crippen LogP) is 1.52. The first-order valence-electron chi connectivity index (χ1n) is 8.28. The fraction of sp³-hybridized carbons (Fsp3) is 0.875. The standard InChI is InChI=1S/C16H34N4O2/c1-6-8-11-22-12-9-10-19-15(17-5)20-13-16(3,4)14(21)18-7-2/h6-13H2,1-5H3,(H,18,21)(H2,17,19,20). The van der Waals surface area contributed by atoms with Gasteiger partial charge in [-0.05, 0) is 33.6 Å². The number of hydrogen-bond donors (Lipinski definition) is 3. The number of aliphatic imine (C=N–C) groups is 1. The number of unbranched alkanes of at least 4 members (excludes halogenated alkanes) is 1. The third-order valence-electron chi connectivity index (χ3n) is 3.27. The van der Waals surface area contributed by atoms with E-state index in [1.54, 1.807) is 7.05 Å². The van der Waals surface area contributed by atoms with Crippen LogP contribution in [0.1, 0.15) is 47.0 Å². The van der Waals surface area contributed by atoms with Crippen LogP contribution in [-0.2, 0) is 9.53 Å². The second-order valence-electron chi connectivity index (χ2n) is 5.92. The Morgan fingerprint density at radius 1 is 1.09 bits per heavy atom. The van der Waals surface area contributed by atoms with E-state index in [4.69, 9.17) is 4.74 Å². The number of amides is 1. The molecule has 130 valence electrons. The number of ether oxygens (including phenoxy) is 1. The summed E-state index contributed by atoms with van der Waals surface area (Å²) in [6.45, 7) is 11.5. The lowest BCUT2D eigenvalue weighted by atomic mass is 9.92. The van der Waals surface area contributed by atoms with E-state index < -0.39 is 5.41 Å². The largest absolute Gasteiger partial charge is 0.381 e. The van der Waals surface area contributed by atoms with Gasteiger partial charge in [-0.3, -0.25) is 9.79 Å². The molecule has 6 heteroatoms. The van der Waals surface area contributed by atoms with Gasteiger partial charge in [0.15, 0.2) is 5.96 Å². The minimum absolute atomic E-state index is 0.0438. The molecular weight excluding hydrogens is 280 g/mol. The molecule has 6 nitrogen and oxygen atoms in total. The van der Waals surface area contributed by atoms with Crippen LogP contribution in [-0.4, -0.2) is 51.8 Å². The smallest absolute Gasteiger partial charge is 0.227 e. The second kappa shape index (κ2) is 12.3. The molecule has 0 radical (unpaired) electrons. The van der Waals surface area contributed by atoms with E-state index in [1.807, 2.05) is 20.8 Å². The molecule has 0 aliphatic rings. The number of hydrogen-bond acceptors (Lipinski definition) is 3. The molecule has 0 saturated carbocycles. The van der Waals surface area contributed by atoms with Crippen LogP contribution in [0.15, 0.2) is 4.99 Å². The molecule has 0 aliphatic heterocycles. The Bertz CT molecular complexity index is 330. The highest BCUT2D eigenvalue weighted by atomic mass is 16.5. The lowest BCUT2D eigenvalue weighted by molar-refractivity contribution is -0.128. The van der Waals surface area contributed by atoms with Crippen LogP contribution >= 0.6 is 0 Å². The first kappa shape index (κ1) is 20.7. The monoisotopic (exact) mass is 314 g/mol. The first-order chi connectivity index (χ1) is 10.5. The lowest BCUT2D eigenvalue weighted by Gasteiger charge is -2.24. The Kier molecular flexibility index (Phi) is 11.5. The van der Waals surface area contributed by atoms with E-state index in [9.17, 15) is 4.79 Å². The van der Waals surface area contributed by atoms with Gasteiger partial charge in [0.1, 0.15) is 0 Å². The van der Waals surface area contributed by atoms with Gasteiger partial charge in [-0.25, -0.2) is 0 Å². The molecule has 0 aromatic heterocycles. The SMILES string of the molecule is CCCCOCCCNC(=NC)NCC(C)(C)C(=O)NCC. The Labute approximate surface area is 135 Å². The Balaban J connectivity index is 3.91. The maximum Gasteiger partial charge on any atom is 0.227 e. The third kappa shape index (κ3) is 9.60. The summed E-state index contributed by atoms with van der Waals surface area (Å²) in [4.78, 5) is 16.1. The van der Waals surface area contributed by atoms with Crippen LogP contribution in [0.5, 0.6) is 0 Å². The second-order valence-corrected chi connectivity index (χ2v) is 5.92. The molecule has 0 atom stereocenters. The van der Waals surface area contributed by atoms with Gasteiger partial charge in [0.05, 0.1) is 5.41 Å². The number of nitrogens with zero attached hydrogens (tertiary/aromatic N) is 1. The van der Waals surface area contributed by atoms with Crippen LogP contribution in [0.25, 0.3) is 0 Å². The van der Waals surface area contributed by atoms with Crippen molar-refractivity contribution in [1.29, 1.82) is 0 Å². The average Bonchev–Trinajstić information content (AvgIpc) is 2.49. The Morgan fingerprint density at radius 3 is 2.36 bits per heavy atom. The number of rotatable bonds is 11. The number of nitrogens with one attached hydrogen (secondary N) is 3. The summed E-state index contributed by atoms with van der Waals surface area (Å²) in [5.74, 6) is 0.758. The van der Waals surface area contributed by atoms with Crippen molar-refractivity contribution < 1.29 is 9.53 Å². The zero-order valence-corrected chi connectivity index (χ0v) is 14.9. The summed E-state index contributed by atoms with van der Waals surface area (Å²) in [5.41, 5.74) is -0.475. The summed E-state index contributed by atoms with van der Waals surface area (Å²) in [6.07, 6.45) is 3.21. The van der Waals surface area contributed by atoms with Crippen molar-refractivity contribution in [3.8, 4) is 0 Å². The Hall–Kier alpha value is -1.30. The van der Waals surface area contributed by atoms with Gasteiger partial charge in [0, 0.05) is 39.9 Å². The third-order valence-corrected chi connectivity index (χ3v) is 3.27. The van der Waals surface area contributed by atoms with Gasteiger partial charge in [0.25, 0.3) is 0 Å². The highest BCUT2D eigenvalue weighted by Crippen LogP contribution is 2.13. The fourth-order valence-corrected chi connectivity index (χ4v) is 1.73. The van der Waals surface area contributed by atoms with Gasteiger partial charge in [-0.1, -0.05) is 13.3 Å². The minimum Gasteiger partial charge on any atom is -0.381 e. The average molecular weight is 314 g/mol. The summed E-state index contributed by atoms with van der Waals surface area (Å²) >= 11 is 0. The minimum atomic E-state index is -0.475. The summed E-state index contributed by atoms with van der Waals surface area (Å²) in [7, 11) is 1.73. The molecule has 0 bridgehead atoms. The van der Waals surface area contributed by atoms with Crippen molar-refractivity contribution in [2.24, 2.45) is 10.4 Å². The molecule has 0 unspecified atom stereocenters. The predicted molar refractivity (Wildman–Crippen MR) is 92.2 cm³/mol. The van der Waals surface area contributed by atoms with E-state index >= 15 is 0 Å². The maximum atomic E-state index is 11.9. The van der Waals surface area contributed by atoms with Gasteiger partial charge in [-0.15, -0.1) is 0 Å². The van der Waals surface area contributed by atoms with Crippen molar-refractivity contribution in [3.63, 3.8) is 0 Å². The zero-order chi connectivity index (χ0) is 16.8. The van der Waals surface area contributed by atoms with Gasteiger partial charge >= 0.3 is 0 Å². The normalized spacial score (nSPS) is 12.1. The van der Waals surface area contributed by atoms with E-state index in [0.29, 0.717) is 19.0 Å². The summed E-state index contributed by atoms with van der Waals surface area (Å²) in [6, 6.07) is 0. The van der Waals surface area contributed by atoms with Crippen molar-refractivity contribution in [1.82, 2.24) is 16.0 Å².